The SMILES string of the molecule is CCCOc1nc(C(F)(F)F)c(C(=O)O)c(CC(C)C)c1C(=O)O. The molecule has 0 fully saturated rings. The number of rotatable bonds is 7. The van der Waals surface area contributed by atoms with Gasteiger partial charge in [-0.15, -0.1) is 0 Å². The number of nitrogens with zero attached hydrogens (tertiary/aromatic N) is 1. The van der Waals surface area contributed by atoms with Crippen molar-refractivity contribution in [3.8, 4) is 5.88 Å². The quantitative estimate of drug-likeness (QED) is 0.782. The first kappa shape index (κ1) is 19.7. The van der Waals surface area contributed by atoms with E-state index in [1.807, 2.05) is 0 Å². The Bertz CT molecular complexity index is 641. The fourth-order valence-electron chi connectivity index (χ4n) is 2.18. The number of hydrogen-bond acceptors (Lipinski definition) is 4. The van der Waals surface area contributed by atoms with Crippen molar-refractivity contribution in [1.29, 1.82) is 0 Å². The van der Waals surface area contributed by atoms with Crippen LogP contribution >= 0.6 is 0 Å². The van der Waals surface area contributed by atoms with Crippen molar-refractivity contribution in [3.05, 3.63) is 22.4 Å². The Labute approximate surface area is 136 Å². The van der Waals surface area contributed by atoms with Crippen molar-refractivity contribution in [2.75, 3.05) is 6.61 Å². The molecule has 134 valence electrons. The summed E-state index contributed by atoms with van der Waals surface area (Å²) in [5.74, 6) is -4.45. The van der Waals surface area contributed by atoms with Crippen LogP contribution in [0.3, 0.4) is 0 Å². The summed E-state index contributed by atoms with van der Waals surface area (Å²) in [5, 5.41) is 18.6. The van der Waals surface area contributed by atoms with Crippen LogP contribution < -0.4 is 4.74 Å². The van der Waals surface area contributed by atoms with Crippen molar-refractivity contribution in [2.45, 2.75) is 39.8 Å². The number of ether oxygens (including phenoxy) is 1. The van der Waals surface area contributed by atoms with Gasteiger partial charge < -0.3 is 14.9 Å². The van der Waals surface area contributed by atoms with E-state index < -0.39 is 46.4 Å². The number of hydrogen-bond donors (Lipinski definition) is 2. The molecule has 0 spiro atoms. The van der Waals surface area contributed by atoms with Gasteiger partial charge in [0.25, 0.3) is 0 Å². The second-order valence-electron chi connectivity index (χ2n) is 5.55. The van der Waals surface area contributed by atoms with Crippen molar-refractivity contribution >= 4 is 11.9 Å². The molecule has 0 saturated carbocycles. The molecule has 0 atom stereocenters. The maximum atomic E-state index is 13.2. The maximum Gasteiger partial charge on any atom is 0.434 e. The summed E-state index contributed by atoms with van der Waals surface area (Å²) in [6, 6.07) is 0. The molecule has 24 heavy (non-hydrogen) atoms. The van der Waals surface area contributed by atoms with Gasteiger partial charge >= 0.3 is 18.1 Å². The van der Waals surface area contributed by atoms with Gasteiger partial charge in [0.15, 0.2) is 5.69 Å². The minimum absolute atomic E-state index is 0.0435. The van der Waals surface area contributed by atoms with Gasteiger partial charge in [0, 0.05) is 0 Å². The monoisotopic (exact) mass is 349 g/mol. The first-order valence-electron chi connectivity index (χ1n) is 7.24. The van der Waals surface area contributed by atoms with Gasteiger partial charge in [-0.3, -0.25) is 0 Å². The van der Waals surface area contributed by atoms with Crippen LogP contribution in [-0.4, -0.2) is 33.7 Å². The van der Waals surface area contributed by atoms with Crippen LogP contribution in [0.1, 0.15) is 59.2 Å². The van der Waals surface area contributed by atoms with Crippen LogP contribution in [-0.2, 0) is 12.6 Å². The van der Waals surface area contributed by atoms with E-state index in [2.05, 4.69) is 4.98 Å². The zero-order valence-electron chi connectivity index (χ0n) is 13.4. The largest absolute Gasteiger partial charge is 0.478 e. The van der Waals surface area contributed by atoms with Crippen LogP contribution in [0.25, 0.3) is 0 Å². The highest BCUT2D eigenvalue weighted by molar-refractivity contribution is 5.99. The highest BCUT2D eigenvalue weighted by atomic mass is 19.4. The number of aromatic carboxylic acids is 2. The average molecular weight is 349 g/mol. The fourth-order valence-corrected chi connectivity index (χ4v) is 2.18. The van der Waals surface area contributed by atoms with Gasteiger partial charge in [0.05, 0.1) is 12.2 Å². The average Bonchev–Trinajstić information content (AvgIpc) is 2.41. The lowest BCUT2D eigenvalue weighted by Gasteiger charge is -2.19. The predicted octanol–water partition coefficient (Wildman–Crippen LogP) is 3.48. The molecule has 0 bridgehead atoms. The van der Waals surface area contributed by atoms with Crippen LogP contribution in [0, 0.1) is 5.92 Å². The minimum atomic E-state index is -5.05. The molecule has 1 aromatic rings. The van der Waals surface area contributed by atoms with Gasteiger partial charge in [-0.05, 0) is 24.3 Å². The molecular formula is C15H18F3NO5. The lowest BCUT2D eigenvalue weighted by molar-refractivity contribution is -0.142. The summed E-state index contributed by atoms with van der Waals surface area (Å²) < 4.78 is 44.8. The maximum absolute atomic E-state index is 13.2. The molecule has 1 aromatic heterocycles. The van der Waals surface area contributed by atoms with E-state index in [0.717, 1.165) is 0 Å². The third-order valence-electron chi connectivity index (χ3n) is 3.02. The summed E-state index contributed by atoms with van der Waals surface area (Å²) >= 11 is 0. The standard InChI is InChI=1S/C15H18F3NO5/c1-4-5-24-12-10(14(22)23)8(6-7(2)3)9(13(20)21)11(19-12)15(16,17)18/h7H,4-6H2,1-3H3,(H,20,21)(H,22,23). The molecule has 6 nitrogen and oxygen atoms in total. The van der Waals surface area contributed by atoms with Gasteiger partial charge in [-0.2, -0.15) is 13.2 Å². The topological polar surface area (TPSA) is 96.7 Å². The number of carboxylic acids is 2. The summed E-state index contributed by atoms with van der Waals surface area (Å²) in [5.41, 5.74) is -3.86. The molecule has 0 unspecified atom stereocenters. The third-order valence-corrected chi connectivity index (χ3v) is 3.02. The molecule has 0 radical (unpaired) electrons. The van der Waals surface area contributed by atoms with Gasteiger partial charge in [-0.1, -0.05) is 20.8 Å². The van der Waals surface area contributed by atoms with Gasteiger partial charge in [-0.25, -0.2) is 14.6 Å². The molecular weight excluding hydrogens is 331 g/mol. The zero-order valence-corrected chi connectivity index (χ0v) is 13.4. The normalized spacial score (nSPS) is 11.6. The fraction of sp³-hybridized carbons (Fsp3) is 0.533. The van der Waals surface area contributed by atoms with E-state index in [1.165, 1.54) is 0 Å². The second kappa shape index (κ2) is 7.50. The Hall–Kier alpha value is -2.32. The predicted molar refractivity (Wildman–Crippen MR) is 77.5 cm³/mol. The molecule has 1 heterocycles. The summed E-state index contributed by atoms with van der Waals surface area (Å²) in [6.45, 7) is 4.92. The van der Waals surface area contributed by atoms with Gasteiger partial charge in [0.1, 0.15) is 5.56 Å². The number of aromatic nitrogens is 1. The molecule has 9 heteroatoms. The van der Waals surface area contributed by atoms with E-state index in [-0.39, 0.29) is 18.9 Å². The molecule has 0 aliphatic carbocycles. The highest BCUT2D eigenvalue weighted by Gasteiger charge is 2.42. The van der Waals surface area contributed by atoms with E-state index in [1.54, 1.807) is 20.8 Å². The number of carbonyl (C=O) groups is 2. The molecule has 0 saturated heterocycles. The first-order valence-corrected chi connectivity index (χ1v) is 7.24. The summed E-state index contributed by atoms with van der Waals surface area (Å²) in [7, 11) is 0. The molecule has 1 rings (SSSR count). The highest BCUT2D eigenvalue weighted by Crippen LogP contribution is 2.37. The Morgan fingerprint density at radius 1 is 1.17 bits per heavy atom. The Balaban J connectivity index is 3.86. The number of alkyl halides is 3. The molecule has 0 aliphatic heterocycles. The van der Waals surface area contributed by atoms with Crippen LogP contribution in [0.15, 0.2) is 0 Å². The minimum Gasteiger partial charge on any atom is -0.478 e. The van der Waals surface area contributed by atoms with Crippen molar-refractivity contribution in [1.82, 2.24) is 4.98 Å². The van der Waals surface area contributed by atoms with Crippen LogP contribution in [0.4, 0.5) is 13.2 Å². The van der Waals surface area contributed by atoms with E-state index >= 15 is 0 Å². The Kier molecular flexibility index (Phi) is 6.16. The van der Waals surface area contributed by atoms with Crippen molar-refractivity contribution in [2.24, 2.45) is 5.92 Å². The second-order valence-corrected chi connectivity index (χ2v) is 5.55. The van der Waals surface area contributed by atoms with E-state index in [9.17, 15) is 33.0 Å². The van der Waals surface area contributed by atoms with Crippen LogP contribution in [0.2, 0.25) is 0 Å². The molecule has 0 aliphatic rings. The smallest absolute Gasteiger partial charge is 0.434 e. The van der Waals surface area contributed by atoms with Crippen molar-refractivity contribution < 1.29 is 37.7 Å². The molecule has 0 amide bonds. The third kappa shape index (κ3) is 4.36. The Morgan fingerprint density at radius 3 is 2.08 bits per heavy atom. The lowest BCUT2D eigenvalue weighted by Crippen LogP contribution is -2.23. The molecule has 0 aromatic carbocycles. The van der Waals surface area contributed by atoms with E-state index in [0.29, 0.717) is 6.42 Å². The number of carboxylic acid groups (broad SMARTS) is 2. The summed E-state index contributed by atoms with van der Waals surface area (Å²) in [4.78, 5) is 26.1. The number of halogens is 3. The first-order chi connectivity index (χ1) is 11.0. The van der Waals surface area contributed by atoms with Crippen molar-refractivity contribution in [3.63, 3.8) is 0 Å². The van der Waals surface area contributed by atoms with Gasteiger partial charge in [0.2, 0.25) is 5.88 Å². The number of pyridine rings is 1. The van der Waals surface area contributed by atoms with Crippen LogP contribution in [0.5, 0.6) is 5.88 Å². The molecule has 2 N–H and O–H groups in total. The van der Waals surface area contributed by atoms with E-state index in [4.69, 9.17) is 4.74 Å². The summed E-state index contributed by atoms with van der Waals surface area (Å²) in [6.07, 6.45) is -4.81. The zero-order chi connectivity index (χ0) is 18.7. The Morgan fingerprint density at radius 2 is 1.71 bits per heavy atom. The lowest BCUT2D eigenvalue weighted by atomic mass is 9.92.